The molecule has 0 aromatic rings. The summed E-state index contributed by atoms with van der Waals surface area (Å²) in [6.45, 7) is 4.20. The van der Waals surface area contributed by atoms with E-state index >= 15 is 0 Å². The normalized spacial score (nSPS) is 14.4. The Morgan fingerprint density at radius 3 is 1.62 bits per heavy atom. The van der Waals surface area contributed by atoms with Gasteiger partial charge in [-0.2, -0.15) is 0 Å². The summed E-state index contributed by atoms with van der Waals surface area (Å²) in [6, 6.07) is 0. The van der Waals surface area contributed by atoms with Crippen molar-refractivity contribution >= 4 is 19.8 Å². The van der Waals surface area contributed by atoms with Crippen molar-refractivity contribution in [3.05, 3.63) is 48.6 Å². The first-order valence-electron chi connectivity index (χ1n) is 24.5. The fraction of sp³-hybridized carbons (Fsp3) is 0.800. The van der Waals surface area contributed by atoms with Crippen molar-refractivity contribution in [2.75, 3.05) is 47.5 Å². The minimum Gasteiger partial charge on any atom is -0.462 e. The highest BCUT2D eigenvalue weighted by molar-refractivity contribution is 7.47. The molecular formula is C50H93NO9P+. The summed E-state index contributed by atoms with van der Waals surface area (Å²) in [5.74, 6) is -0.996. The lowest BCUT2D eigenvalue weighted by Gasteiger charge is -2.24. The molecule has 11 heteroatoms. The second kappa shape index (κ2) is 41.9. The molecule has 356 valence electrons. The SMILES string of the molecule is CCCCCCCC/C=C\CCCCCCCCCCCC(=O)O[C@H](COC(=O)CCCC(O)/C=C/C=C/C/C=C/CCCCCCCC)COP(=O)(O)OCC[N+](C)(C)C. The molecule has 0 spiro atoms. The average molecular weight is 883 g/mol. The Hall–Kier alpha value is -2.07. The molecule has 0 amide bonds. The maximum atomic E-state index is 12.7. The molecule has 10 nitrogen and oxygen atoms in total. The van der Waals surface area contributed by atoms with Gasteiger partial charge in [0.2, 0.25) is 0 Å². The van der Waals surface area contributed by atoms with Gasteiger partial charge in [-0.05, 0) is 64.2 Å². The lowest BCUT2D eigenvalue weighted by atomic mass is 10.1. The van der Waals surface area contributed by atoms with Crippen molar-refractivity contribution in [2.45, 2.75) is 212 Å². The number of ether oxygens (including phenoxy) is 2. The second-order valence-corrected chi connectivity index (χ2v) is 19.1. The molecule has 0 fully saturated rings. The van der Waals surface area contributed by atoms with Gasteiger partial charge in [-0.1, -0.05) is 172 Å². The summed E-state index contributed by atoms with van der Waals surface area (Å²) in [4.78, 5) is 35.5. The van der Waals surface area contributed by atoms with E-state index in [-0.39, 0.29) is 26.1 Å². The zero-order valence-corrected chi connectivity index (χ0v) is 40.6. The molecule has 0 aliphatic carbocycles. The Kier molecular flexibility index (Phi) is 40.5. The third kappa shape index (κ3) is 45.8. The van der Waals surface area contributed by atoms with Gasteiger partial charge in [-0.15, -0.1) is 0 Å². The van der Waals surface area contributed by atoms with E-state index in [1.54, 1.807) is 6.08 Å². The lowest BCUT2D eigenvalue weighted by molar-refractivity contribution is -0.870. The number of quaternary nitrogens is 1. The number of carbonyl (C=O) groups excluding carboxylic acids is 2. The standard InChI is InChI=1S/C50H92NO9P/c1-6-8-10-12-14-16-18-20-21-22-23-24-25-27-29-31-33-35-37-41-50(54)60-48(46-59-61(55,56)58-44-43-51(3,4)5)45-57-49(53)42-38-40-47(52)39-36-34-32-30-28-26-19-17-15-13-11-9-7-2/h20-21,26,28,32,34,36,39,47-48,52H,6-19,22-25,27,29-31,33,35,37-38,40-46H2,1-5H3/p+1/b21-20-,28-26+,34-32+,39-36+/t47?,48-/m1/s1. The Morgan fingerprint density at radius 1 is 0.590 bits per heavy atom. The predicted octanol–water partition coefficient (Wildman–Crippen LogP) is 13.2. The molecule has 0 aromatic carbocycles. The monoisotopic (exact) mass is 883 g/mol. The van der Waals surface area contributed by atoms with Crippen molar-refractivity contribution in [3.8, 4) is 0 Å². The number of rotatable bonds is 44. The fourth-order valence-corrected chi connectivity index (χ4v) is 7.29. The van der Waals surface area contributed by atoms with Crippen LogP contribution in [0.4, 0.5) is 0 Å². The summed E-state index contributed by atoms with van der Waals surface area (Å²) in [5, 5.41) is 10.3. The molecule has 2 unspecified atom stereocenters. The smallest absolute Gasteiger partial charge is 0.462 e. The number of carbonyl (C=O) groups is 2. The average Bonchev–Trinajstić information content (AvgIpc) is 3.21. The van der Waals surface area contributed by atoms with Gasteiger partial charge < -0.3 is 24.0 Å². The van der Waals surface area contributed by atoms with Gasteiger partial charge in [0.1, 0.15) is 19.8 Å². The maximum absolute atomic E-state index is 12.7. The molecule has 0 heterocycles. The van der Waals surface area contributed by atoms with Crippen molar-refractivity contribution in [2.24, 2.45) is 0 Å². The molecule has 0 aliphatic rings. The first kappa shape index (κ1) is 58.9. The minimum absolute atomic E-state index is 0.00173. The fourth-order valence-electron chi connectivity index (χ4n) is 6.55. The zero-order valence-electron chi connectivity index (χ0n) is 39.8. The molecule has 61 heavy (non-hydrogen) atoms. The van der Waals surface area contributed by atoms with E-state index in [0.717, 1.165) is 32.1 Å². The molecule has 0 bridgehead atoms. The molecule has 0 aliphatic heterocycles. The van der Waals surface area contributed by atoms with Crippen LogP contribution in [0.1, 0.15) is 200 Å². The van der Waals surface area contributed by atoms with Gasteiger partial charge in [0.05, 0.1) is 33.9 Å². The summed E-state index contributed by atoms with van der Waals surface area (Å²) >= 11 is 0. The van der Waals surface area contributed by atoms with Crippen molar-refractivity contribution in [1.29, 1.82) is 0 Å². The van der Waals surface area contributed by atoms with E-state index in [0.29, 0.717) is 30.3 Å². The zero-order chi connectivity index (χ0) is 45.1. The molecule has 3 atom stereocenters. The van der Waals surface area contributed by atoms with Crippen LogP contribution in [-0.2, 0) is 32.7 Å². The number of allylic oxidation sites excluding steroid dienone is 7. The summed E-state index contributed by atoms with van der Waals surface area (Å²) < 4.78 is 34.2. The van der Waals surface area contributed by atoms with Crippen molar-refractivity contribution in [3.63, 3.8) is 0 Å². The first-order valence-corrected chi connectivity index (χ1v) is 26.0. The Bertz CT molecular complexity index is 1200. The highest BCUT2D eigenvalue weighted by atomic mass is 31.2. The van der Waals surface area contributed by atoms with Crippen LogP contribution in [-0.4, -0.2) is 86.1 Å². The highest BCUT2D eigenvalue weighted by Gasteiger charge is 2.27. The van der Waals surface area contributed by atoms with Gasteiger partial charge in [0, 0.05) is 12.8 Å². The summed E-state index contributed by atoms with van der Waals surface area (Å²) in [7, 11) is 1.38. The van der Waals surface area contributed by atoms with E-state index in [1.807, 2.05) is 39.4 Å². The van der Waals surface area contributed by atoms with E-state index in [4.69, 9.17) is 18.5 Å². The number of hydrogen-bond acceptors (Lipinski definition) is 8. The molecule has 0 saturated carbocycles. The molecule has 0 aromatic heterocycles. The van der Waals surface area contributed by atoms with Crippen LogP contribution in [0, 0.1) is 0 Å². The topological polar surface area (TPSA) is 129 Å². The molecule has 0 rings (SSSR count). The highest BCUT2D eigenvalue weighted by Crippen LogP contribution is 2.43. The number of likely N-dealkylation sites (N-methyl/N-ethyl adjacent to an activating group) is 1. The van der Waals surface area contributed by atoms with Crippen LogP contribution < -0.4 is 0 Å². The number of aliphatic hydroxyl groups is 1. The van der Waals surface area contributed by atoms with Crippen LogP contribution in [0.15, 0.2) is 48.6 Å². The molecule has 0 radical (unpaired) electrons. The van der Waals surface area contributed by atoms with Crippen LogP contribution in [0.2, 0.25) is 0 Å². The van der Waals surface area contributed by atoms with Crippen LogP contribution in [0.25, 0.3) is 0 Å². The third-order valence-electron chi connectivity index (χ3n) is 10.4. The number of unbranched alkanes of at least 4 members (excludes halogenated alkanes) is 21. The van der Waals surface area contributed by atoms with Crippen molar-refractivity contribution in [1.82, 2.24) is 0 Å². The minimum atomic E-state index is -4.42. The van der Waals surface area contributed by atoms with Gasteiger partial charge in [-0.25, -0.2) is 4.57 Å². The summed E-state index contributed by atoms with van der Waals surface area (Å²) in [6.07, 6.45) is 46.2. The Morgan fingerprint density at radius 2 is 1.08 bits per heavy atom. The predicted molar refractivity (Wildman–Crippen MR) is 253 cm³/mol. The van der Waals surface area contributed by atoms with Crippen LogP contribution in [0.3, 0.4) is 0 Å². The maximum Gasteiger partial charge on any atom is 0.472 e. The molecule has 2 N–H and O–H groups in total. The Labute approximate surface area is 374 Å². The van der Waals surface area contributed by atoms with Gasteiger partial charge in [-0.3, -0.25) is 18.6 Å². The number of esters is 2. The number of hydrogen-bond donors (Lipinski definition) is 2. The Balaban J connectivity index is 4.45. The third-order valence-corrected chi connectivity index (χ3v) is 11.4. The number of phosphoric ester groups is 1. The lowest BCUT2D eigenvalue weighted by Crippen LogP contribution is -2.37. The van der Waals surface area contributed by atoms with Gasteiger partial charge >= 0.3 is 19.8 Å². The number of aliphatic hydroxyl groups excluding tert-OH is 1. The van der Waals surface area contributed by atoms with Crippen molar-refractivity contribution < 1.29 is 47.2 Å². The molecular weight excluding hydrogens is 790 g/mol. The first-order chi connectivity index (χ1) is 29.4. The van der Waals surface area contributed by atoms with E-state index < -0.39 is 38.6 Å². The van der Waals surface area contributed by atoms with Crippen LogP contribution in [0.5, 0.6) is 0 Å². The quantitative estimate of drug-likeness (QED) is 0.0153. The van der Waals surface area contributed by atoms with E-state index in [2.05, 4.69) is 38.2 Å². The van der Waals surface area contributed by atoms with E-state index in [9.17, 15) is 24.2 Å². The van der Waals surface area contributed by atoms with Gasteiger partial charge in [0.25, 0.3) is 0 Å². The van der Waals surface area contributed by atoms with Gasteiger partial charge in [0.15, 0.2) is 6.10 Å². The van der Waals surface area contributed by atoms with E-state index in [1.165, 1.54) is 122 Å². The molecule has 0 saturated heterocycles. The largest absolute Gasteiger partial charge is 0.472 e. The number of nitrogens with zero attached hydrogens (tertiary/aromatic N) is 1. The summed E-state index contributed by atoms with van der Waals surface area (Å²) in [5.41, 5.74) is 0. The number of phosphoric acid groups is 1. The van der Waals surface area contributed by atoms with Crippen LogP contribution >= 0.6 is 7.82 Å². The second-order valence-electron chi connectivity index (χ2n) is 17.7.